The van der Waals surface area contributed by atoms with Gasteiger partial charge in [-0.3, -0.25) is 0 Å². The van der Waals surface area contributed by atoms with Gasteiger partial charge in [-0.1, -0.05) is 41.1 Å². The molecule has 0 aliphatic rings. The van der Waals surface area contributed by atoms with Gasteiger partial charge in [-0.05, 0) is 59.3 Å². The third-order valence-electron chi connectivity index (χ3n) is 4.04. The minimum Gasteiger partial charge on any atom is -0.336 e. The summed E-state index contributed by atoms with van der Waals surface area (Å²) in [5, 5.41) is 5.52. The molecule has 0 unspecified atom stereocenters. The molecule has 3 aromatic rings. The van der Waals surface area contributed by atoms with Gasteiger partial charge in [-0.25, -0.2) is 13.1 Å². The lowest BCUT2D eigenvalue weighted by atomic mass is 10.1. The Morgan fingerprint density at radius 1 is 1.26 bits per heavy atom. The molecule has 0 aliphatic heterocycles. The molecule has 8 heteroatoms. The van der Waals surface area contributed by atoms with Gasteiger partial charge in [0.25, 0.3) is 15.9 Å². The zero-order valence-corrected chi connectivity index (χ0v) is 18.3. The van der Waals surface area contributed by atoms with E-state index in [0.29, 0.717) is 16.6 Å². The van der Waals surface area contributed by atoms with Crippen LogP contribution in [0.15, 0.2) is 49.6 Å². The quantitative estimate of drug-likeness (QED) is 0.521. The predicted molar refractivity (Wildman–Crippen MR) is 113 cm³/mol. The van der Waals surface area contributed by atoms with Gasteiger partial charge < -0.3 is 4.52 Å². The number of allylic oxidation sites excluding steroid dienone is 1. The van der Waals surface area contributed by atoms with Crippen molar-refractivity contribution in [2.75, 3.05) is 4.72 Å². The SMILES string of the molecule is Cc1ccc(/C=C/Cc2sccc2S(=O)(=O)Nc2onc(C)c2Br)c(C)c1. The second-order valence-electron chi connectivity index (χ2n) is 6.19. The molecule has 0 saturated heterocycles. The Balaban J connectivity index is 1.79. The summed E-state index contributed by atoms with van der Waals surface area (Å²) in [7, 11) is -3.76. The van der Waals surface area contributed by atoms with Gasteiger partial charge in [-0.15, -0.1) is 11.3 Å². The van der Waals surface area contributed by atoms with E-state index < -0.39 is 10.0 Å². The van der Waals surface area contributed by atoms with E-state index in [4.69, 9.17) is 4.52 Å². The van der Waals surface area contributed by atoms with Crippen LogP contribution in [0.4, 0.5) is 5.88 Å². The standard InChI is InChI=1S/C19H19BrN2O3S2/c1-12-7-8-15(13(2)11-12)5-4-6-16-17(9-10-26-16)27(23,24)22-19-18(20)14(3)21-25-19/h4-5,7-11,22H,6H2,1-3H3/b5-4+. The molecule has 27 heavy (non-hydrogen) atoms. The molecular formula is C19H19BrN2O3S2. The fraction of sp³-hybridized carbons (Fsp3) is 0.211. The Morgan fingerprint density at radius 2 is 2.04 bits per heavy atom. The van der Waals surface area contributed by atoms with Gasteiger partial charge in [0, 0.05) is 11.3 Å². The minimum atomic E-state index is -3.76. The molecule has 0 amide bonds. The average Bonchev–Trinajstić information content (AvgIpc) is 3.19. The number of benzene rings is 1. The summed E-state index contributed by atoms with van der Waals surface area (Å²) in [6.07, 6.45) is 4.53. The number of hydrogen-bond acceptors (Lipinski definition) is 5. The molecule has 0 saturated carbocycles. The monoisotopic (exact) mass is 466 g/mol. The summed E-state index contributed by atoms with van der Waals surface area (Å²) in [6.45, 7) is 5.85. The van der Waals surface area contributed by atoms with Crippen LogP contribution in [0.5, 0.6) is 0 Å². The van der Waals surface area contributed by atoms with Crippen LogP contribution in [0.3, 0.4) is 0 Å². The molecule has 1 aromatic carbocycles. The van der Waals surface area contributed by atoms with E-state index in [9.17, 15) is 8.42 Å². The first-order valence-corrected chi connectivity index (χ1v) is 11.4. The highest BCUT2D eigenvalue weighted by Crippen LogP contribution is 2.30. The maximum atomic E-state index is 12.7. The lowest BCUT2D eigenvalue weighted by Gasteiger charge is -2.06. The number of hydrogen-bond donors (Lipinski definition) is 1. The lowest BCUT2D eigenvalue weighted by molar-refractivity contribution is 0.430. The van der Waals surface area contributed by atoms with Gasteiger partial charge in [0.15, 0.2) is 0 Å². The molecule has 0 fully saturated rings. The number of halogens is 1. The van der Waals surface area contributed by atoms with Crippen LogP contribution in [0.2, 0.25) is 0 Å². The highest BCUT2D eigenvalue weighted by atomic mass is 79.9. The van der Waals surface area contributed by atoms with Crippen LogP contribution in [0.1, 0.15) is 27.3 Å². The first-order valence-electron chi connectivity index (χ1n) is 8.22. The molecule has 1 N–H and O–H groups in total. The van der Waals surface area contributed by atoms with E-state index >= 15 is 0 Å². The third kappa shape index (κ3) is 4.51. The van der Waals surface area contributed by atoms with E-state index in [0.717, 1.165) is 10.4 Å². The molecule has 0 radical (unpaired) electrons. The average molecular weight is 467 g/mol. The zero-order valence-electron chi connectivity index (χ0n) is 15.1. The largest absolute Gasteiger partial charge is 0.336 e. The molecule has 142 valence electrons. The van der Waals surface area contributed by atoms with Crippen molar-refractivity contribution in [2.24, 2.45) is 0 Å². The van der Waals surface area contributed by atoms with Crippen LogP contribution in [-0.4, -0.2) is 13.6 Å². The minimum absolute atomic E-state index is 0.0791. The molecule has 3 rings (SSSR count). The Labute approximate surface area is 171 Å². The summed E-state index contributed by atoms with van der Waals surface area (Å²) in [5.74, 6) is 0.0791. The summed E-state index contributed by atoms with van der Waals surface area (Å²) in [4.78, 5) is 1.01. The Kier molecular flexibility index (Phi) is 5.88. The van der Waals surface area contributed by atoms with Crippen molar-refractivity contribution in [2.45, 2.75) is 32.1 Å². The van der Waals surface area contributed by atoms with Crippen molar-refractivity contribution in [3.63, 3.8) is 0 Å². The van der Waals surface area contributed by atoms with Crippen LogP contribution in [0.25, 0.3) is 6.08 Å². The van der Waals surface area contributed by atoms with Gasteiger partial charge in [-0.2, -0.15) is 0 Å². The van der Waals surface area contributed by atoms with E-state index in [1.165, 1.54) is 22.5 Å². The molecule has 2 aromatic heterocycles. The highest BCUT2D eigenvalue weighted by Gasteiger charge is 2.23. The van der Waals surface area contributed by atoms with Crippen LogP contribution < -0.4 is 4.72 Å². The van der Waals surface area contributed by atoms with Crippen molar-refractivity contribution in [3.8, 4) is 0 Å². The number of rotatable bonds is 6. The number of nitrogens with one attached hydrogen (secondary N) is 1. The maximum absolute atomic E-state index is 12.7. The summed E-state index contributed by atoms with van der Waals surface area (Å²) >= 11 is 4.68. The van der Waals surface area contributed by atoms with E-state index in [1.54, 1.807) is 18.4 Å². The predicted octanol–water partition coefficient (Wildman–Crippen LogP) is 5.48. The highest BCUT2D eigenvalue weighted by molar-refractivity contribution is 9.10. The van der Waals surface area contributed by atoms with E-state index in [1.807, 2.05) is 12.2 Å². The van der Waals surface area contributed by atoms with Gasteiger partial charge >= 0.3 is 0 Å². The number of aryl methyl sites for hydroxylation is 3. The Morgan fingerprint density at radius 3 is 2.70 bits per heavy atom. The van der Waals surface area contributed by atoms with Crippen molar-refractivity contribution < 1.29 is 12.9 Å². The number of anilines is 1. The maximum Gasteiger partial charge on any atom is 0.265 e. The fourth-order valence-corrected chi connectivity index (χ4v) is 5.43. The normalized spacial score (nSPS) is 12.0. The summed E-state index contributed by atoms with van der Waals surface area (Å²) < 4.78 is 33.4. The Bertz CT molecular complexity index is 1100. The third-order valence-corrected chi connectivity index (χ3v) is 7.46. The molecule has 5 nitrogen and oxygen atoms in total. The summed E-state index contributed by atoms with van der Waals surface area (Å²) in [5.41, 5.74) is 4.11. The number of aromatic nitrogens is 1. The van der Waals surface area contributed by atoms with Crippen molar-refractivity contribution in [3.05, 3.63) is 67.5 Å². The lowest BCUT2D eigenvalue weighted by Crippen LogP contribution is -2.13. The van der Waals surface area contributed by atoms with Crippen LogP contribution in [-0.2, 0) is 16.4 Å². The molecule has 0 atom stereocenters. The fourth-order valence-electron chi connectivity index (χ4n) is 2.62. The van der Waals surface area contributed by atoms with Crippen molar-refractivity contribution in [1.29, 1.82) is 0 Å². The topological polar surface area (TPSA) is 72.2 Å². The molecular weight excluding hydrogens is 448 g/mol. The van der Waals surface area contributed by atoms with Crippen molar-refractivity contribution >= 4 is 49.3 Å². The molecule has 0 aliphatic carbocycles. The first-order chi connectivity index (χ1) is 12.8. The van der Waals surface area contributed by atoms with Crippen molar-refractivity contribution in [1.82, 2.24) is 5.16 Å². The van der Waals surface area contributed by atoms with Gasteiger partial charge in [0.05, 0.1) is 5.69 Å². The van der Waals surface area contributed by atoms with E-state index in [-0.39, 0.29) is 10.8 Å². The first kappa shape index (κ1) is 19.9. The number of sulfonamides is 1. The second kappa shape index (κ2) is 8.00. The van der Waals surface area contributed by atoms with Gasteiger partial charge in [0.1, 0.15) is 9.37 Å². The van der Waals surface area contributed by atoms with Gasteiger partial charge in [0.2, 0.25) is 0 Å². The molecule has 0 spiro atoms. The Hall–Kier alpha value is -1.90. The smallest absolute Gasteiger partial charge is 0.265 e. The number of thiophene rings is 1. The van der Waals surface area contributed by atoms with Crippen LogP contribution in [0, 0.1) is 20.8 Å². The zero-order chi connectivity index (χ0) is 19.6. The second-order valence-corrected chi connectivity index (χ2v) is 9.64. The molecule has 2 heterocycles. The molecule has 0 bridgehead atoms. The summed E-state index contributed by atoms with van der Waals surface area (Å²) in [6, 6.07) is 7.86. The van der Waals surface area contributed by atoms with E-state index in [2.05, 4.69) is 57.9 Å². The van der Waals surface area contributed by atoms with Crippen LogP contribution >= 0.6 is 27.3 Å². The number of nitrogens with zero attached hydrogens (tertiary/aromatic N) is 1.